The first-order valence-corrected chi connectivity index (χ1v) is 9.28. The number of carbonyl (C=O) groups is 1. The quantitative estimate of drug-likeness (QED) is 0.808. The summed E-state index contributed by atoms with van der Waals surface area (Å²) >= 11 is 0. The van der Waals surface area contributed by atoms with E-state index >= 15 is 0 Å². The summed E-state index contributed by atoms with van der Waals surface area (Å²) < 4.78 is 5.46. The Bertz CT molecular complexity index is 571. The molecule has 2 saturated heterocycles. The van der Waals surface area contributed by atoms with E-state index in [2.05, 4.69) is 26.9 Å². The summed E-state index contributed by atoms with van der Waals surface area (Å²) in [5.74, 6) is 2.44. The first-order valence-electron chi connectivity index (χ1n) is 9.28. The van der Waals surface area contributed by atoms with Crippen LogP contribution in [0.25, 0.3) is 0 Å². The second-order valence-electron chi connectivity index (χ2n) is 7.34. The highest BCUT2D eigenvalue weighted by Gasteiger charge is 2.32. The van der Waals surface area contributed by atoms with E-state index in [9.17, 15) is 4.79 Å². The van der Waals surface area contributed by atoms with Gasteiger partial charge in [-0.05, 0) is 32.6 Å². The Morgan fingerprint density at radius 3 is 2.54 bits per heavy atom. The molecular formula is C17H27N5O2. The van der Waals surface area contributed by atoms with Crippen LogP contribution < -0.4 is 0 Å². The third-order valence-corrected chi connectivity index (χ3v) is 5.53. The van der Waals surface area contributed by atoms with Crippen LogP contribution in [0.1, 0.15) is 56.3 Å². The van der Waals surface area contributed by atoms with Crippen LogP contribution >= 0.6 is 0 Å². The molecule has 2 aliphatic heterocycles. The van der Waals surface area contributed by atoms with Crippen molar-refractivity contribution in [1.29, 1.82) is 0 Å². The van der Waals surface area contributed by atoms with Gasteiger partial charge in [-0.2, -0.15) is 4.98 Å². The van der Waals surface area contributed by atoms with Crippen LogP contribution in [0, 0.1) is 0 Å². The van der Waals surface area contributed by atoms with Crippen molar-refractivity contribution in [2.45, 2.75) is 44.6 Å². The van der Waals surface area contributed by atoms with E-state index in [1.807, 2.05) is 4.90 Å². The first kappa shape index (κ1) is 16.0. The minimum Gasteiger partial charge on any atom is -0.342 e. The van der Waals surface area contributed by atoms with Gasteiger partial charge in [-0.1, -0.05) is 5.16 Å². The summed E-state index contributed by atoms with van der Waals surface area (Å²) in [6, 6.07) is 0.154. The third kappa shape index (κ3) is 3.47. The largest absolute Gasteiger partial charge is 0.342 e. The van der Waals surface area contributed by atoms with Gasteiger partial charge in [-0.25, -0.2) is 0 Å². The number of hydrogen-bond acceptors (Lipinski definition) is 6. The van der Waals surface area contributed by atoms with Gasteiger partial charge in [0.05, 0.1) is 12.6 Å². The summed E-state index contributed by atoms with van der Waals surface area (Å²) in [7, 11) is 0. The fourth-order valence-corrected chi connectivity index (χ4v) is 3.65. The van der Waals surface area contributed by atoms with E-state index in [1.54, 1.807) is 0 Å². The van der Waals surface area contributed by atoms with E-state index in [4.69, 9.17) is 4.52 Å². The van der Waals surface area contributed by atoms with Crippen molar-refractivity contribution in [1.82, 2.24) is 24.8 Å². The van der Waals surface area contributed by atoms with E-state index in [0.29, 0.717) is 18.4 Å². The summed E-state index contributed by atoms with van der Waals surface area (Å²) in [6.45, 7) is 8.31. The summed E-state index contributed by atoms with van der Waals surface area (Å²) in [6.07, 6.45) is 4.70. The molecule has 3 heterocycles. The molecule has 1 saturated carbocycles. The van der Waals surface area contributed by atoms with Crippen molar-refractivity contribution in [2.24, 2.45) is 0 Å². The molecule has 0 radical (unpaired) electrons. The molecule has 3 fully saturated rings. The van der Waals surface area contributed by atoms with Gasteiger partial charge in [0.15, 0.2) is 5.82 Å². The smallest absolute Gasteiger partial charge is 0.243 e. The van der Waals surface area contributed by atoms with E-state index in [0.717, 1.165) is 63.8 Å². The van der Waals surface area contributed by atoms with Gasteiger partial charge in [0.1, 0.15) is 0 Å². The van der Waals surface area contributed by atoms with Crippen LogP contribution in [0.3, 0.4) is 0 Å². The summed E-state index contributed by atoms with van der Waals surface area (Å²) in [5.41, 5.74) is 0. The van der Waals surface area contributed by atoms with Gasteiger partial charge in [-0.15, -0.1) is 0 Å². The van der Waals surface area contributed by atoms with E-state index in [-0.39, 0.29) is 6.04 Å². The predicted molar refractivity (Wildman–Crippen MR) is 88.5 cm³/mol. The van der Waals surface area contributed by atoms with E-state index < -0.39 is 0 Å². The normalized spacial score (nSPS) is 24.5. The average molecular weight is 333 g/mol. The van der Waals surface area contributed by atoms with Crippen molar-refractivity contribution in [2.75, 3.05) is 45.8 Å². The van der Waals surface area contributed by atoms with Crippen molar-refractivity contribution in [3.8, 4) is 0 Å². The highest BCUT2D eigenvalue weighted by Crippen LogP contribution is 2.38. The number of amides is 1. The van der Waals surface area contributed by atoms with Gasteiger partial charge in [0, 0.05) is 45.2 Å². The van der Waals surface area contributed by atoms with Crippen LogP contribution in [0.15, 0.2) is 4.52 Å². The number of aromatic nitrogens is 2. The van der Waals surface area contributed by atoms with Crippen molar-refractivity contribution < 1.29 is 9.32 Å². The monoisotopic (exact) mass is 333 g/mol. The lowest BCUT2D eigenvalue weighted by atomic mass is 10.2. The summed E-state index contributed by atoms with van der Waals surface area (Å²) in [4.78, 5) is 23.5. The fourth-order valence-electron chi connectivity index (χ4n) is 3.65. The summed E-state index contributed by atoms with van der Waals surface area (Å²) in [5, 5.41) is 4.12. The second-order valence-corrected chi connectivity index (χ2v) is 7.34. The molecule has 7 nitrogen and oxygen atoms in total. The number of rotatable bonds is 5. The Kier molecular flexibility index (Phi) is 4.54. The fraction of sp³-hybridized carbons (Fsp3) is 0.824. The molecule has 132 valence electrons. The maximum absolute atomic E-state index is 12.3. The molecule has 0 N–H and O–H groups in total. The maximum atomic E-state index is 12.3. The zero-order valence-electron chi connectivity index (χ0n) is 14.5. The molecule has 4 rings (SSSR count). The maximum Gasteiger partial charge on any atom is 0.243 e. The molecule has 7 heteroatoms. The van der Waals surface area contributed by atoms with Crippen molar-refractivity contribution >= 4 is 5.91 Å². The van der Waals surface area contributed by atoms with Crippen LogP contribution in [-0.4, -0.2) is 76.6 Å². The standard InChI is InChI=1S/C17H27N5O2/c1-13(17-18-16(19-24-17)14-4-5-14)21-10-8-20(9-11-21)12-15(23)22-6-2-3-7-22/h13-14H,2-12H2,1H3/t13-/m0/s1. The number of carbonyl (C=O) groups excluding carboxylic acids is 1. The van der Waals surface area contributed by atoms with Gasteiger partial charge in [-0.3, -0.25) is 14.6 Å². The highest BCUT2D eigenvalue weighted by atomic mass is 16.5. The molecule has 0 unspecified atom stereocenters. The lowest BCUT2D eigenvalue weighted by Gasteiger charge is -2.36. The number of likely N-dealkylation sites (tertiary alicyclic amines) is 1. The molecule has 0 bridgehead atoms. The van der Waals surface area contributed by atoms with Crippen LogP contribution in [0.5, 0.6) is 0 Å². The molecule has 1 amide bonds. The van der Waals surface area contributed by atoms with Crippen molar-refractivity contribution in [3.05, 3.63) is 11.7 Å². The topological polar surface area (TPSA) is 65.7 Å². The van der Waals surface area contributed by atoms with Crippen LogP contribution in [0.2, 0.25) is 0 Å². The molecule has 1 aromatic rings. The van der Waals surface area contributed by atoms with Crippen LogP contribution in [0.4, 0.5) is 0 Å². The van der Waals surface area contributed by atoms with Gasteiger partial charge < -0.3 is 9.42 Å². The average Bonchev–Trinajstić information content (AvgIpc) is 3.12. The Hall–Kier alpha value is -1.47. The molecule has 0 aromatic carbocycles. The SMILES string of the molecule is C[C@@H](c1nc(C2CC2)no1)N1CCN(CC(=O)N2CCCC2)CC1. The molecular weight excluding hydrogens is 306 g/mol. The molecule has 24 heavy (non-hydrogen) atoms. The third-order valence-electron chi connectivity index (χ3n) is 5.53. The zero-order valence-corrected chi connectivity index (χ0v) is 14.5. The number of nitrogens with zero attached hydrogens (tertiary/aromatic N) is 5. The van der Waals surface area contributed by atoms with Gasteiger partial charge >= 0.3 is 0 Å². The minimum absolute atomic E-state index is 0.154. The Morgan fingerprint density at radius 2 is 1.88 bits per heavy atom. The second kappa shape index (κ2) is 6.80. The Balaban J connectivity index is 1.26. The molecule has 0 spiro atoms. The zero-order chi connectivity index (χ0) is 16.5. The van der Waals surface area contributed by atoms with Crippen LogP contribution in [-0.2, 0) is 4.79 Å². The molecule has 1 atom stereocenters. The lowest BCUT2D eigenvalue weighted by Crippen LogP contribution is -2.50. The molecule has 3 aliphatic rings. The van der Waals surface area contributed by atoms with Crippen molar-refractivity contribution in [3.63, 3.8) is 0 Å². The highest BCUT2D eigenvalue weighted by molar-refractivity contribution is 5.78. The van der Waals surface area contributed by atoms with Gasteiger partial charge in [0.25, 0.3) is 0 Å². The minimum atomic E-state index is 0.154. The number of piperazine rings is 1. The lowest BCUT2D eigenvalue weighted by molar-refractivity contribution is -0.131. The molecule has 1 aromatic heterocycles. The molecule has 1 aliphatic carbocycles. The van der Waals surface area contributed by atoms with Gasteiger partial charge in [0.2, 0.25) is 11.8 Å². The number of hydrogen-bond donors (Lipinski definition) is 0. The Morgan fingerprint density at radius 1 is 1.17 bits per heavy atom. The predicted octanol–water partition coefficient (Wildman–Crippen LogP) is 1.25. The van der Waals surface area contributed by atoms with E-state index in [1.165, 1.54) is 12.8 Å². The first-order chi connectivity index (χ1) is 11.7. The Labute approximate surface area is 143 Å².